The van der Waals surface area contributed by atoms with Crippen LogP contribution in [0.3, 0.4) is 0 Å². The minimum Gasteiger partial charge on any atom is -0.369 e. The smallest absolute Gasteiger partial charge is 0.263 e. The number of nitrogens with zero attached hydrogens (tertiary/aromatic N) is 2. The molecule has 27 heavy (non-hydrogen) atoms. The molecule has 0 fully saturated rings. The van der Waals surface area contributed by atoms with Gasteiger partial charge in [-0.15, -0.1) is 6.58 Å². The van der Waals surface area contributed by atoms with Gasteiger partial charge in [-0.3, -0.25) is 14.2 Å². The molecule has 0 bridgehead atoms. The van der Waals surface area contributed by atoms with Crippen molar-refractivity contribution in [2.24, 2.45) is 7.05 Å². The van der Waals surface area contributed by atoms with E-state index in [9.17, 15) is 14.0 Å². The van der Waals surface area contributed by atoms with Gasteiger partial charge in [0.1, 0.15) is 5.82 Å². The van der Waals surface area contributed by atoms with Crippen LogP contribution in [0.15, 0.2) is 64.8 Å². The molecule has 0 amide bonds. The number of benzene rings is 1. The molecule has 0 saturated carbocycles. The lowest BCUT2D eigenvalue weighted by Crippen LogP contribution is -2.24. The number of rotatable bonds is 3. The number of nitrogen functional groups attached to an aromatic ring is 1. The minimum atomic E-state index is -0.448. The largest absolute Gasteiger partial charge is 0.369 e. The van der Waals surface area contributed by atoms with E-state index in [0.29, 0.717) is 11.1 Å². The first-order valence-electron chi connectivity index (χ1n) is 8.31. The molecular weight excluding hydrogens is 347 g/mol. The fourth-order valence-electron chi connectivity index (χ4n) is 2.29. The zero-order chi connectivity index (χ0) is 20.0. The molecule has 2 aromatic heterocycles. The number of allylic oxidation sites excluding steroid dienone is 1. The van der Waals surface area contributed by atoms with Gasteiger partial charge >= 0.3 is 0 Å². The fourth-order valence-corrected chi connectivity index (χ4v) is 2.29. The SMILES string of the molecule is C=CCC.Cn1c(N)nc(-c2cccc(F)c2)c(-c2ccc(=O)[nH]c2)c1=O. The molecule has 2 heterocycles. The Kier molecular flexibility index (Phi) is 6.43. The van der Waals surface area contributed by atoms with Gasteiger partial charge in [-0.25, -0.2) is 9.37 Å². The van der Waals surface area contributed by atoms with Crippen LogP contribution < -0.4 is 16.9 Å². The van der Waals surface area contributed by atoms with Crippen LogP contribution in [-0.2, 0) is 7.05 Å². The second-order valence-electron chi connectivity index (χ2n) is 5.71. The predicted molar refractivity (Wildman–Crippen MR) is 106 cm³/mol. The van der Waals surface area contributed by atoms with Gasteiger partial charge < -0.3 is 10.7 Å². The number of aromatic nitrogens is 3. The molecule has 0 aliphatic rings. The van der Waals surface area contributed by atoms with Crippen molar-refractivity contribution < 1.29 is 4.39 Å². The second-order valence-corrected chi connectivity index (χ2v) is 5.71. The number of anilines is 1. The Bertz CT molecular complexity index is 1050. The number of hydrogen-bond donors (Lipinski definition) is 2. The van der Waals surface area contributed by atoms with Gasteiger partial charge in [0.15, 0.2) is 0 Å². The summed E-state index contributed by atoms with van der Waals surface area (Å²) in [5.41, 5.74) is 6.49. The Labute approximate surface area is 155 Å². The summed E-state index contributed by atoms with van der Waals surface area (Å²) in [4.78, 5) is 30.6. The van der Waals surface area contributed by atoms with E-state index in [1.165, 1.54) is 48.1 Å². The van der Waals surface area contributed by atoms with Gasteiger partial charge in [-0.2, -0.15) is 0 Å². The third-order valence-corrected chi connectivity index (χ3v) is 3.78. The van der Waals surface area contributed by atoms with E-state index in [1.807, 2.05) is 6.08 Å². The predicted octanol–water partition coefficient (Wildman–Crippen LogP) is 3.11. The number of pyridine rings is 1. The highest BCUT2D eigenvalue weighted by Gasteiger charge is 2.17. The summed E-state index contributed by atoms with van der Waals surface area (Å²) in [7, 11) is 1.50. The summed E-state index contributed by atoms with van der Waals surface area (Å²) in [6.07, 6.45) is 4.37. The summed E-state index contributed by atoms with van der Waals surface area (Å²) < 4.78 is 14.7. The molecule has 0 radical (unpaired) electrons. The number of H-pyrrole nitrogens is 1. The Morgan fingerprint density at radius 2 is 1.96 bits per heavy atom. The van der Waals surface area contributed by atoms with Crippen LogP contribution in [-0.4, -0.2) is 14.5 Å². The van der Waals surface area contributed by atoms with Gasteiger partial charge in [-0.05, 0) is 24.6 Å². The van der Waals surface area contributed by atoms with Crippen molar-refractivity contribution in [2.75, 3.05) is 5.73 Å². The molecule has 3 aromatic rings. The van der Waals surface area contributed by atoms with Crippen molar-refractivity contribution >= 4 is 5.95 Å². The second kappa shape index (κ2) is 8.75. The van der Waals surface area contributed by atoms with Crippen molar-refractivity contribution in [3.05, 3.63) is 81.8 Å². The van der Waals surface area contributed by atoms with Gasteiger partial charge in [0.05, 0.1) is 11.3 Å². The Morgan fingerprint density at radius 1 is 1.26 bits per heavy atom. The maximum Gasteiger partial charge on any atom is 0.263 e. The average Bonchev–Trinajstić information content (AvgIpc) is 2.67. The molecule has 0 saturated heterocycles. The standard InChI is InChI=1S/C16H13FN4O2.C4H8/c1-21-15(23)13(10-5-6-12(22)19-8-10)14(20-16(21)18)9-3-2-4-11(17)7-9;1-3-4-2/h2-8H,1H3,(H2,18,20)(H,19,22);3H,1,4H2,2H3. The van der Waals surface area contributed by atoms with Crippen molar-refractivity contribution in [3.8, 4) is 22.4 Å². The van der Waals surface area contributed by atoms with Crippen molar-refractivity contribution in [2.45, 2.75) is 13.3 Å². The minimum absolute atomic E-state index is 0.0161. The maximum absolute atomic E-state index is 13.5. The van der Waals surface area contributed by atoms with Gasteiger partial charge in [0, 0.05) is 30.4 Å². The number of nitrogens with one attached hydrogen (secondary N) is 1. The first kappa shape index (κ1) is 19.8. The molecule has 140 valence electrons. The fraction of sp³-hybridized carbons (Fsp3) is 0.150. The highest BCUT2D eigenvalue weighted by Crippen LogP contribution is 2.28. The van der Waals surface area contributed by atoms with E-state index in [4.69, 9.17) is 5.73 Å². The number of aromatic amines is 1. The quantitative estimate of drug-likeness (QED) is 0.695. The van der Waals surface area contributed by atoms with E-state index in [0.717, 1.165) is 6.42 Å². The van der Waals surface area contributed by atoms with Crippen LogP contribution in [0.5, 0.6) is 0 Å². The summed E-state index contributed by atoms with van der Waals surface area (Å²) in [6.45, 7) is 5.54. The van der Waals surface area contributed by atoms with Crippen molar-refractivity contribution in [1.82, 2.24) is 14.5 Å². The first-order valence-corrected chi connectivity index (χ1v) is 8.31. The summed E-state index contributed by atoms with van der Waals surface area (Å²) in [5, 5.41) is 0. The average molecular weight is 368 g/mol. The van der Waals surface area contributed by atoms with Crippen LogP contribution in [0.25, 0.3) is 22.4 Å². The van der Waals surface area contributed by atoms with E-state index < -0.39 is 5.82 Å². The highest BCUT2D eigenvalue weighted by molar-refractivity contribution is 5.80. The van der Waals surface area contributed by atoms with Crippen LogP contribution in [0.4, 0.5) is 10.3 Å². The summed E-state index contributed by atoms with van der Waals surface area (Å²) in [5.74, 6) is -0.432. The molecule has 0 spiro atoms. The zero-order valence-electron chi connectivity index (χ0n) is 15.2. The van der Waals surface area contributed by atoms with Crippen LogP contribution in [0.2, 0.25) is 0 Å². The summed E-state index contributed by atoms with van der Waals surface area (Å²) >= 11 is 0. The van der Waals surface area contributed by atoms with E-state index in [1.54, 1.807) is 6.07 Å². The number of hydrogen-bond acceptors (Lipinski definition) is 4. The molecule has 3 N–H and O–H groups in total. The van der Waals surface area contributed by atoms with Gasteiger partial charge in [0.2, 0.25) is 11.5 Å². The van der Waals surface area contributed by atoms with Crippen LogP contribution >= 0.6 is 0 Å². The zero-order valence-corrected chi connectivity index (χ0v) is 15.2. The Morgan fingerprint density at radius 3 is 2.52 bits per heavy atom. The third-order valence-electron chi connectivity index (χ3n) is 3.78. The molecule has 1 aromatic carbocycles. The van der Waals surface area contributed by atoms with Crippen molar-refractivity contribution in [3.63, 3.8) is 0 Å². The Balaban J connectivity index is 0.000000596. The van der Waals surface area contributed by atoms with Gasteiger partial charge in [-0.1, -0.05) is 25.1 Å². The maximum atomic E-state index is 13.5. The van der Waals surface area contributed by atoms with Crippen LogP contribution in [0, 0.1) is 5.82 Å². The molecule has 7 heteroatoms. The molecule has 0 unspecified atom stereocenters. The lowest BCUT2D eigenvalue weighted by molar-refractivity contribution is 0.628. The molecular formula is C20H21FN4O2. The topological polar surface area (TPSA) is 93.8 Å². The lowest BCUT2D eigenvalue weighted by atomic mass is 10.0. The third kappa shape index (κ3) is 4.58. The first-order chi connectivity index (χ1) is 12.9. The van der Waals surface area contributed by atoms with Crippen LogP contribution in [0.1, 0.15) is 13.3 Å². The number of halogens is 1. The molecule has 6 nitrogen and oxygen atoms in total. The lowest BCUT2D eigenvalue weighted by Gasteiger charge is -2.12. The molecule has 0 atom stereocenters. The Hall–Kier alpha value is -3.48. The monoisotopic (exact) mass is 368 g/mol. The molecule has 0 aliphatic heterocycles. The van der Waals surface area contributed by atoms with Gasteiger partial charge in [0.25, 0.3) is 5.56 Å². The molecule has 0 aliphatic carbocycles. The molecule has 3 rings (SSSR count). The highest BCUT2D eigenvalue weighted by atomic mass is 19.1. The normalized spacial score (nSPS) is 10.0. The van der Waals surface area contributed by atoms with Crippen molar-refractivity contribution in [1.29, 1.82) is 0 Å². The van der Waals surface area contributed by atoms with E-state index in [-0.39, 0.29) is 28.3 Å². The van der Waals surface area contributed by atoms with E-state index >= 15 is 0 Å². The van der Waals surface area contributed by atoms with E-state index in [2.05, 4.69) is 23.5 Å². The summed E-state index contributed by atoms with van der Waals surface area (Å²) in [6, 6.07) is 8.55. The number of nitrogens with two attached hydrogens (primary N) is 1.